The van der Waals surface area contributed by atoms with E-state index in [1.54, 1.807) is 32.5 Å². The van der Waals surface area contributed by atoms with E-state index in [0.717, 1.165) is 79.1 Å². The third-order valence-electron chi connectivity index (χ3n) is 14.9. The van der Waals surface area contributed by atoms with Gasteiger partial charge in [0.1, 0.15) is 28.7 Å². The van der Waals surface area contributed by atoms with Gasteiger partial charge in [-0.3, -0.25) is 0 Å². The minimum atomic E-state index is -0.794. The van der Waals surface area contributed by atoms with E-state index in [1.807, 2.05) is 127 Å². The molecule has 0 aliphatic carbocycles. The molecular formula is C64H87N3O8S. The molecule has 0 aliphatic heterocycles. The van der Waals surface area contributed by atoms with Crippen LogP contribution in [0, 0.1) is 55.4 Å². The summed E-state index contributed by atoms with van der Waals surface area (Å²) in [6, 6.07) is 13.5. The molecule has 0 bridgehead atoms. The first-order chi connectivity index (χ1) is 34.5. The van der Waals surface area contributed by atoms with Gasteiger partial charge in [-0.05, 0) is 185 Å². The molecule has 0 amide bonds. The summed E-state index contributed by atoms with van der Waals surface area (Å²) in [4.78, 5) is 45.4. The fraction of sp³-hybridized carbons (Fsp3) is 0.484. The summed E-state index contributed by atoms with van der Waals surface area (Å²) in [5.74, 6) is 1.02. The third-order valence-corrected chi connectivity index (χ3v) is 16.2. The molecule has 6 aromatic rings. The van der Waals surface area contributed by atoms with E-state index in [0.29, 0.717) is 44.9 Å². The predicted molar refractivity (Wildman–Crippen MR) is 313 cm³/mol. The zero-order valence-corrected chi connectivity index (χ0v) is 50.7. The van der Waals surface area contributed by atoms with Gasteiger partial charge in [0.15, 0.2) is 0 Å². The molecule has 12 heteroatoms. The zero-order valence-electron chi connectivity index (χ0n) is 49.9. The van der Waals surface area contributed by atoms with Gasteiger partial charge in [0.05, 0.1) is 19.6 Å². The number of benzene rings is 5. The van der Waals surface area contributed by atoms with Crippen molar-refractivity contribution in [3.8, 4) is 28.7 Å². The smallest absolute Gasteiger partial charge is 0.336 e. The Hall–Kier alpha value is -6.14. The van der Waals surface area contributed by atoms with Crippen LogP contribution in [0.2, 0.25) is 0 Å². The highest BCUT2D eigenvalue weighted by molar-refractivity contribution is 7.99. The lowest BCUT2D eigenvalue weighted by Crippen LogP contribution is -2.55. The van der Waals surface area contributed by atoms with Gasteiger partial charge in [0, 0.05) is 20.9 Å². The Morgan fingerprint density at radius 3 is 0.776 bits per heavy atom. The number of phenolic OH excluding ortho intramolecular Hbond substituents is 5. The Labute approximate surface area is 456 Å². The Kier molecular flexibility index (Phi) is 17.1. The summed E-state index contributed by atoms with van der Waals surface area (Å²) in [5, 5.41) is 54.4. The maximum absolute atomic E-state index is 14.4. The summed E-state index contributed by atoms with van der Waals surface area (Å²) < 4.78 is 3.15. The van der Waals surface area contributed by atoms with E-state index in [4.69, 9.17) is 0 Å². The first kappa shape index (κ1) is 60.7. The molecule has 0 unspecified atom stereocenters. The first-order valence-electron chi connectivity index (χ1n) is 26.3. The number of phenols is 5. The van der Waals surface area contributed by atoms with Gasteiger partial charge >= 0.3 is 17.1 Å². The predicted octanol–water partition coefficient (Wildman–Crippen LogP) is 13.6. The van der Waals surface area contributed by atoms with Crippen LogP contribution in [0.4, 0.5) is 0 Å². The van der Waals surface area contributed by atoms with Crippen LogP contribution in [0.3, 0.4) is 0 Å². The highest BCUT2D eigenvalue weighted by atomic mass is 32.2. The maximum Gasteiger partial charge on any atom is 0.336 e. The second-order valence-electron chi connectivity index (χ2n) is 26.3. The molecule has 5 N–H and O–H groups in total. The standard InChI is InChI=1S/C42H57N3O6.C22H30O2S/c1-22-16-31(40(7,8)9)34(46)25(4)28(22)19-43-37(49)44(20-29-23(2)17-32(41(10,11)12)35(47)26(29)5)39(51)45(38(43)50)21-30-24(3)18-33(42(13,14)15)36(48)27(30)6;1-13-9-17(23)15(21(3,4)5)11-19(13)25-20-12-16(22(6,7)8)18(24)10-14(20)2/h16-18,46-48H,19-21H2,1-15H3;9-12,23-24H,1-8H3. The second-order valence-corrected chi connectivity index (χ2v) is 27.4. The average molecular weight is 1060 g/mol. The van der Waals surface area contributed by atoms with Crippen LogP contribution in [-0.2, 0) is 46.7 Å². The molecule has 0 saturated carbocycles. The summed E-state index contributed by atoms with van der Waals surface area (Å²) in [7, 11) is 0. The normalized spacial score (nSPS) is 12.5. The monoisotopic (exact) mass is 1060 g/mol. The number of rotatable bonds is 8. The largest absolute Gasteiger partial charge is 0.508 e. The number of aromatic hydroxyl groups is 5. The van der Waals surface area contributed by atoms with Gasteiger partial charge in [0.2, 0.25) is 0 Å². The number of hydrogen-bond donors (Lipinski definition) is 5. The lowest BCUT2D eigenvalue weighted by Gasteiger charge is -2.26. The number of hydrogen-bond acceptors (Lipinski definition) is 9. The van der Waals surface area contributed by atoms with Crippen molar-refractivity contribution in [2.45, 2.75) is 216 Å². The van der Waals surface area contributed by atoms with Crippen LogP contribution in [0.15, 0.2) is 66.6 Å². The van der Waals surface area contributed by atoms with E-state index in [2.05, 4.69) is 53.7 Å². The first-order valence-corrected chi connectivity index (χ1v) is 27.1. The van der Waals surface area contributed by atoms with Gasteiger partial charge in [0.25, 0.3) is 0 Å². The number of aryl methyl sites for hydroxylation is 5. The van der Waals surface area contributed by atoms with Gasteiger partial charge in [-0.2, -0.15) is 0 Å². The van der Waals surface area contributed by atoms with Crippen molar-refractivity contribution >= 4 is 11.8 Å². The van der Waals surface area contributed by atoms with E-state index >= 15 is 0 Å². The summed E-state index contributed by atoms with van der Waals surface area (Å²) in [5.41, 5.74) is 8.51. The summed E-state index contributed by atoms with van der Waals surface area (Å²) in [6.07, 6.45) is 0. The maximum atomic E-state index is 14.4. The van der Waals surface area contributed by atoms with E-state index in [1.165, 1.54) is 0 Å². The van der Waals surface area contributed by atoms with Gasteiger partial charge in [-0.25, -0.2) is 28.1 Å². The van der Waals surface area contributed by atoms with Crippen molar-refractivity contribution in [3.05, 3.63) is 163 Å². The van der Waals surface area contributed by atoms with Crippen LogP contribution in [-0.4, -0.2) is 39.2 Å². The molecule has 11 nitrogen and oxygen atoms in total. The second kappa shape index (κ2) is 21.4. The van der Waals surface area contributed by atoms with Gasteiger partial charge < -0.3 is 25.5 Å². The fourth-order valence-corrected chi connectivity index (χ4v) is 11.0. The van der Waals surface area contributed by atoms with E-state index < -0.39 is 17.1 Å². The van der Waals surface area contributed by atoms with Crippen LogP contribution in [0.25, 0.3) is 0 Å². The van der Waals surface area contributed by atoms with Crippen LogP contribution >= 0.6 is 11.8 Å². The van der Waals surface area contributed by atoms with E-state index in [-0.39, 0.29) is 64.0 Å². The molecule has 76 heavy (non-hydrogen) atoms. The summed E-state index contributed by atoms with van der Waals surface area (Å²) >= 11 is 1.70. The average Bonchev–Trinajstić information content (AvgIpc) is 3.26. The van der Waals surface area contributed by atoms with E-state index in [9.17, 15) is 39.9 Å². The van der Waals surface area contributed by atoms with Gasteiger partial charge in [-0.1, -0.05) is 134 Å². The molecule has 1 aromatic heterocycles. The molecule has 0 spiro atoms. The van der Waals surface area contributed by atoms with Crippen molar-refractivity contribution in [3.63, 3.8) is 0 Å². The van der Waals surface area contributed by atoms with Crippen LogP contribution in [0.5, 0.6) is 28.7 Å². The lowest BCUT2D eigenvalue weighted by atomic mass is 9.82. The lowest BCUT2D eigenvalue weighted by molar-refractivity contribution is 0.437. The Bertz CT molecular complexity index is 3080. The molecule has 0 atom stereocenters. The highest BCUT2D eigenvalue weighted by Gasteiger charge is 2.29. The Balaban J connectivity index is 0.000000356. The van der Waals surface area contributed by atoms with Crippen molar-refractivity contribution in [2.24, 2.45) is 0 Å². The minimum absolute atomic E-state index is 0.103. The highest BCUT2D eigenvalue weighted by Crippen LogP contribution is 2.44. The van der Waals surface area contributed by atoms with Crippen molar-refractivity contribution in [2.75, 3.05) is 0 Å². The number of aromatic nitrogens is 3. The summed E-state index contributed by atoms with van der Waals surface area (Å²) in [6.45, 7) is 45.2. The molecule has 0 fully saturated rings. The number of nitrogens with zero attached hydrogens (tertiary/aromatic N) is 3. The van der Waals surface area contributed by atoms with Crippen molar-refractivity contribution in [1.29, 1.82) is 0 Å². The molecule has 5 aromatic carbocycles. The van der Waals surface area contributed by atoms with Gasteiger partial charge in [-0.15, -0.1) is 0 Å². The topological polar surface area (TPSA) is 167 Å². The van der Waals surface area contributed by atoms with Crippen LogP contribution in [0.1, 0.15) is 193 Å². The van der Waals surface area contributed by atoms with Crippen LogP contribution < -0.4 is 17.1 Å². The molecule has 0 aliphatic rings. The van der Waals surface area contributed by atoms with Crippen molar-refractivity contribution < 1.29 is 25.5 Å². The zero-order chi connectivity index (χ0) is 58.0. The van der Waals surface area contributed by atoms with Crippen molar-refractivity contribution in [1.82, 2.24) is 13.7 Å². The molecule has 412 valence electrons. The molecular weight excluding hydrogens is 971 g/mol. The molecule has 6 rings (SSSR count). The fourth-order valence-electron chi connectivity index (χ4n) is 9.93. The molecule has 0 saturated heterocycles. The quantitative estimate of drug-likeness (QED) is 0.0997. The third kappa shape index (κ3) is 12.5. The Morgan fingerprint density at radius 1 is 0.342 bits per heavy atom. The molecule has 0 radical (unpaired) electrons. The SMILES string of the molecule is Cc1cc(C(C)(C)C)c(O)c(C)c1Cn1c(=O)n(Cc2c(C)cc(C(C)(C)C)c(O)c2C)c(=O)n(Cc2c(C)cc(C(C)(C)C)c(O)c2C)c1=O.Cc1cc(O)c(C(C)(C)C)cc1Sc1cc(C(C)(C)C)c(O)cc1C. The Morgan fingerprint density at radius 2 is 0.566 bits per heavy atom. The molecule has 1 heterocycles. The minimum Gasteiger partial charge on any atom is -0.508 e.